The number of anilines is 1. The molecule has 0 aliphatic heterocycles. The molecule has 0 saturated carbocycles. The number of nitrogens with zero attached hydrogens (tertiary/aromatic N) is 2. The zero-order chi connectivity index (χ0) is 29.9. The summed E-state index contributed by atoms with van der Waals surface area (Å²) in [5.41, 5.74) is 9.40. The van der Waals surface area contributed by atoms with Crippen molar-refractivity contribution in [2.75, 3.05) is 5.32 Å². The maximum Gasteiger partial charge on any atom is 0.229 e. The Labute approximate surface area is 246 Å². The van der Waals surface area contributed by atoms with Gasteiger partial charge in [0.25, 0.3) is 0 Å². The van der Waals surface area contributed by atoms with Crippen molar-refractivity contribution in [3.05, 3.63) is 87.5 Å². The highest BCUT2D eigenvalue weighted by atomic mass is 19.1. The van der Waals surface area contributed by atoms with Gasteiger partial charge in [0.1, 0.15) is 5.82 Å². The molecule has 1 aromatic heterocycles. The van der Waals surface area contributed by atoms with E-state index in [2.05, 4.69) is 19.2 Å². The Bertz CT molecular complexity index is 1340. The number of hydrogen-bond donors (Lipinski definition) is 1. The second-order valence-corrected chi connectivity index (χ2v) is 10.9. The summed E-state index contributed by atoms with van der Waals surface area (Å²) in [5, 5.41) is 3.11. The van der Waals surface area contributed by atoms with Crippen LogP contribution in [0.1, 0.15) is 102 Å². The third-order valence-corrected chi connectivity index (χ3v) is 7.81. The first-order valence-electron chi connectivity index (χ1n) is 15.6. The molecule has 1 N–H and O–H groups in total. The molecule has 0 bridgehead atoms. The molecular weight excluding hydrogens is 509 g/mol. The van der Waals surface area contributed by atoms with Crippen LogP contribution in [0, 0.1) is 18.7 Å². The molecule has 1 atom stereocenters. The van der Waals surface area contributed by atoms with Crippen LogP contribution in [-0.4, -0.2) is 15.9 Å². The Balaban J connectivity index is 0.00000111. The number of carbonyl (C=O) groups excluding carboxylic acids is 1. The summed E-state index contributed by atoms with van der Waals surface area (Å²) >= 11 is 0. The fraction of sp³-hybridized carbons (Fsp3) is 0.472. The molecule has 0 fully saturated rings. The number of hydrogen-bond acceptors (Lipinski definition) is 3. The van der Waals surface area contributed by atoms with E-state index in [9.17, 15) is 9.18 Å². The van der Waals surface area contributed by atoms with Gasteiger partial charge in [0.05, 0.1) is 23.5 Å². The second kappa shape index (κ2) is 15.6. The topological polar surface area (TPSA) is 54.9 Å². The van der Waals surface area contributed by atoms with E-state index in [1.54, 1.807) is 6.07 Å². The van der Waals surface area contributed by atoms with Gasteiger partial charge in [-0.25, -0.2) is 14.4 Å². The minimum atomic E-state index is -0.223. The summed E-state index contributed by atoms with van der Waals surface area (Å²) in [6.45, 7) is 14.6. The molecule has 2 aliphatic rings. The lowest BCUT2D eigenvalue weighted by molar-refractivity contribution is -0.115. The number of nitrogens with one attached hydrogen (secondary N) is 1. The van der Waals surface area contributed by atoms with Crippen LogP contribution in [0.15, 0.2) is 53.6 Å². The van der Waals surface area contributed by atoms with Crippen molar-refractivity contribution in [2.24, 2.45) is 5.92 Å². The molecule has 5 rings (SSSR count). The summed E-state index contributed by atoms with van der Waals surface area (Å²) in [6.07, 6.45) is 8.25. The number of fused-ring (bicyclic) bond motifs is 3. The minimum absolute atomic E-state index is 0.0885. The van der Waals surface area contributed by atoms with E-state index in [4.69, 9.17) is 9.97 Å². The quantitative estimate of drug-likeness (QED) is 0.318. The van der Waals surface area contributed by atoms with Crippen molar-refractivity contribution in [3.8, 4) is 11.3 Å². The Morgan fingerprint density at radius 2 is 1.68 bits per heavy atom. The summed E-state index contributed by atoms with van der Waals surface area (Å²) < 4.78 is 13.9. The average Bonchev–Trinajstić information content (AvgIpc) is 2.97. The van der Waals surface area contributed by atoms with E-state index in [1.165, 1.54) is 42.0 Å². The third-order valence-electron chi connectivity index (χ3n) is 7.81. The van der Waals surface area contributed by atoms with Crippen molar-refractivity contribution in [1.82, 2.24) is 9.97 Å². The van der Waals surface area contributed by atoms with Crippen molar-refractivity contribution in [3.63, 3.8) is 0 Å². The van der Waals surface area contributed by atoms with Crippen LogP contribution in [0.25, 0.3) is 11.3 Å². The van der Waals surface area contributed by atoms with Gasteiger partial charge >= 0.3 is 0 Å². The van der Waals surface area contributed by atoms with Crippen molar-refractivity contribution >= 4 is 11.7 Å². The van der Waals surface area contributed by atoms with Crippen LogP contribution < -0.4 is 5.32 Å². The second-order valence-electron chi connectivity index (χ2n) is 10.9. The number of allylic oxidation sites excluding steroid dienone is 2. The molecule has 0 spiro atoms. The molecule has 1 amide bonds. The number of benzene rings is 2. The molecule has 2 aliphatic carbocycles. The predicted octanol–water partition coefficient (Wildman–Crippen LogP) is 9.38. The van der Waals surface area contributed by atoms with E-state index in [0.717, 1.165) is 46.6 Å². The first kappa shape index (κ1) is 32.2. The average molecular weight is 558 g/mol. The summed E-state index contributed by atoms with van der Waals surface area (Å²) in [4.78, 5) is 23.2. The number of aryl methyl sites for hydroxylation is 3. The van der Waals surface area contributed by atoms with Gasteiger partial charge in [0.15, 0.2) is 5.82 Å². The Hall–Kier alpha value is -3.34. The van der Waals surface area contributed by atoms with Crippen LogP contribution in [-0.2, 0) is 30.5 Å². The van der Waals surface area contributed by atoms with E-state index in [0.29, 0.717) is 37.4 Å². The van der Waals surface area contributed by atoms with E-state index in [1.807, 2.05) is 65.0 Å². The summed E-state index contributed by atoms with van der Waals surface area (Å²) in [6, 6.07) is 13.0. The van der Waals surface area contributed by atoms with Gasteiger partial charge in [-0.2, -0.15) is 0 Å². The molecule has 1 heterocycles. The number of aromatic nitrogens is 2. The highest BCUT2D eigenvalue weighted by Gasteiger charge is 2.24. The molecule has 41 heavy (non-hydrogen) atoms. The Morgan fingerprint density at radius 1 is 0.951 bits per heavy atom. The fourth-order valence-electron chi connectivity index (χ4n) is 5.62. The number of amides is 1. The molecule has 2 aromatic carbocycles. The van der Waals surface area contributed by atoms with E-state index in [-0.39, 0.29) is 11.7 Å². The number of carbonyl (C=O) groups is 1. The standard InChI is InChI=1S/C32H36FN3O.2C2H6/c1-20-8-10-23(11-9-20)17-30(37)36-32-29(19-25-16-21(2)6-4-5-7-22(25)3)34-31-27-14-13-26(33)18-24(27)12-15-28(31)35-32;2*1-2/h8-11,13-14,18,21H,4-7,12,15-17,19H2,1-3H3,(H,35,36,37);2*1-2H3/b25-22-;;. The lowest BCUT2D eigenvalue weighted by atomic mass is 9.86. The largest absolute Gasteiger partial charge is 0.309 e. The normalized spacial score (nSPS) is 17.8. The van der Waals surface area contributed by atoms with Crippen LogP contribution in [0.4, 0.5) is 10.2 Å². The zero-order valence-corrected chi connectivity index (χ0v) is 26.2. The van der Waals surface area contributed by atoms with E-state index < -0.39 is 0 Å². The third kappa shape index (κ3) is 8.58. The van der Waals surface area contributed by atoms with E-state index >= 15 is 0 Å². The summed E-state index contributed by atoms with van der Waals surface area (Å²) in [5.74, 6) is 0.879. The Morgan fingerprint density at radius 3 is 2.41 bits per heavy atom. The van der Waals surface area contributed by atoms with Gasteiger partial charge in [0.2, 0.25) is 5.91 Å². The maximum atomic E-state index is 13.9. The molecule has 220 valence electrons. The van der Waals surface area contributed by atoms with Gasteiger partial charge in [-0.15, -0.1) is 0 Å². The lowest BCUT2D eigenvalue weighted by Gasteiger charge is -2.24. The van der Waals surface area contributed by atoms with Crippen molar-refractivity contribution < 1.29 is 9.18 Å². The fourth-order valence-corrected chi connectivity index (χ4v) is 5.62. The minimum Gasteiger partial charge on any atom is -0.309 e. The molecule has 1 unspecified atom stereocenters. The van der Waals surface area contributed by atoms with Gasteiger partial charge in [-0.1, -0.05) is 88.4 Å². The lowest BCUT2D eigenvalue weighted by Crippen LogP contribution is -2.20. The van der Waals surface area contributed by atoms with Crippen molar-refractivity contribution in [1.29, 1.82) is 0 Å². The van der Waals surface area contributed by atoms with Crippen molar-refractivity contribution in [2.45, 2.75) is 106 Å². The smallest absolute Gasteiger partial charge is 0.229 e. The highest BCUT2D eigenvalue weighted by molar-refractivity contribution is 5.92. The first-order chi connectivity index (χ1) is 19.9. The molecule has 0 saturated heterocycles. The van der Waals surface area contributed by atoms with Crippen LogP contribution >= 0.6 is 0 Å². The number of halogens is 1. The molecule has 0 radical (unpaired) electrons. The molecular formula is C36H48FN3O. The maximum absolute atomic E-state index is 13.9. The van der Waals surface area contributed by atoms with Gasteiger partial charge in [-0.05, 0) is 81.2 Å². The van der Waals surface area contributed by atoms with Gasteiger partial charge < -0.3 is 5.32 Å². The van der Waals surface area contributed by atoms with Gasteiger partial charge in [-0.3, -0.25) is 4.79 Å². The zero-order valence-electron chi connectivity index (χ0n) is 26.2. The molecule has 4 nitrogen and oxygen atoms in total. The molecule has 5 heteroatoms. The number of rotatable bonds is 5. The first-order valence-corrected chi connectivity index (χ1v) is 15.6. The van der Waals surface area contributed by atoms with Crippen LogP contribution in [0.5, 0.6) is 0 Å². The monoisotopic (exact) mass is 557 g/mol. The van der Waals surface area contributed by atoms with Gasteiger partial charge in [0, 0.05) is 12.0 Å². The highest BCUT2D eigenvalue weighted by Crippen LogP contribution is 2.35. The summed E-state index contributed by atoms with van der Waals surface area (Å²) in [7, 11) is 0. The Kier molecular flexibility index (Phi) is 12.2. The SMILES string of the molecule is C/C1=C(/Cc2nc3c(nc2NC(=O)Cc2ccc(C)cc2)CCc2cc(F)ccc2-3)CC(C)CCCC1.CC.CC. The predicted molar refractivity (Wildman–Crippen MR) is 170 cm³/mol. The van der Waals surface area contributed by atoms with Crippen LogP contribution in [0.2, 0.25) is 0 Å². The van der Waals surface area contributed by atoms with Crippen LogP contribution in [0.3, 0.4) is 0 Å². The molecule has 3 aromatic rings.